The molecule has 1 rings (SSSR count). The van der Waals surface area contributed by atoms with Gasteiger partial charge in [-0.25, -0.2) is 0 Å². The highest BCUT2D eigenvalue weighted by Crippen LogP contribution is 2.28. The van der Waals surface area contributed by atoms with Gasteiger partial charge >= 0.3 is 0 Å². The summed E-state index contributed by atoms with van der Waals surface area (Å²) in [6, 6.07) is 4.79. The Kier molecular flexibility index (Phi) is 7.36. The quantitative estimate of drug-likeness (QED) is 0.828. The molecule has 0 saturated carbocycles. The highest BCUT2D eigenvalue weighted by molar-refractivity contribution is 6.35. The number of hydrogen-bond donors (Lipinski definition) is 1. The van der Waals surface area contributed by atoms with Crippen LogP contribution < -0.4 is 10.1 Å². The van der Waals surface area contributed by atoms with Gasteiger partial charge < -0.3 is 15.0 Å². The summed E-state index contributed by atoms with van der Waals surface area (Å²) in [5.74, 6) is -0.126. The van der Waals surface area contributed by atoms with Gasteiger partial charge in [0.25, 0.3) is 5.91 Å². The van der Waals surface area contributed by atoms with E-state index in [4.69, 9.17) is 27.9 Å². The van der Waals surface area contributed by atoms with E-state index in [9.17, 15) is 9.59 Å². The topological polar surface area (TPSA) is 58.6 Å². The minimum absolute atomic E-state index is 0.0192. The average molecular weight is 375 g/mol. The molecule has 134 valence electrons. The lowest BCUT2D eigenvalue weighted by Gasteiger charge is -2.27. The lowest BCUT2D eigenvalue weighted by molar-refractivity contribution is -0.141. The average Bonchev–Trinajstić information content (AvgIpc) is 2.45. The molecule has 5 nitrogen and oxygen atoms in total. The first kappa shape index (κ1) is 20.6. The molecule has 0 aromatic heterocycles. The molecule has 0 bridgehead atoms. The second-order valence-corrected chi connectivity index (χ2v) is 7.33. The smallest absolute Gasteiger partial charge is 0.263 e. The van der Waals surface area contributed by atoms with Crippen molar-refractivity contribution in [3.05, 3.63) is 28.2 Å². The number of rotatable bonds is 6. The molecule has 0 radical (unpaired) electrons. The largest absolute Gasteiger partial charge is 0.479 e. The maximum Gasteiger partial charge on any atom is 0.263 e. The van der Waals surface area contributed by atoms with Crippen LogP contribution in [0.4, 0.5) is 0 Å². The molecule has 0 heterocycles. The predicted octanol–water partition coefficient (Wildman–Crippen LogP) is 3.52. The molecule has 0 aliphatic rings. The van der Waals surface area contributed by atoms with Crippen molar-refractivity contribution in [1.82, 2.24) is 10.2 Å². The Bertz CT molecular complexity index is 600. The fourth-order valence-corrected chi connectivity index (χ4v) is 2.50. The van der Waals surface area contributed by atoms with E-state index in [1.165, 1.54) is 4.90 Å². The number of carbonyl (C=O) groups excluding carboxylic acids is 2. The third-order valence-electron chi connectivity index (χ3n) is 3.09. The van der Waals surface area contributed by atoms with Gasteiger partial charge in [-0.15, -0.1) is 0 Å². The number of amides is 2. The Balaban J connectivity index is 2.72. The monoisotopic (exact) mass is 374 g/mol. The zero-order valence-electron chi connectivity index (χ0n) is 14.7. The first-order valence-corrected chi connectivity index (χ1v) is 8.50. The molecular weight excluding hydrogens is 351 g/mol. The van der Waals surface area contributed by atoms with Crippen molar-refractivity contribution in [3.8, 4) is 5.75 Å². The Labute approximate surface area is 153 Å². The number of carbonyl (C=O) groups is 2. The Hall–Kier alpha value is -1.46. The highest BCUT2D eigenvalue weighted by atomic mass is 35.5. The van der Waals surface area contributed by atoms with Crippen molar-refractivity contribution >= 4 is 35.0 Å². The number of likely N-dealkylation sites (N-methyl/N-ethyl adjacent to an activating group) is 1. The molecule has 1 unspecified atom stereocenters. The molecule has 1 aromatic rings. The van der Waals surface area contributed by atoms with Crippen molar-refractivity contribution in [1.29, 1.82) is 0 Å². The fraction of sp³-hybridized carbons (Fsp3) is 0.529. The Morgan fingerprint density at radius 3 is 2.42 bits per heavy atom. The van der Waals surface area contributed by atoms with E-state index >= 15 is 0 Å². The van der Waals surface area contributed by atoms with Gasteiger partial charge in [-0.2, -0.15) is 0 Å². The summed E-state index contributed by atoms with van der Waals surface area (Å²) >= 11 is 11.9. The van der Waals surface area contributed by atoms with Gasteiger partial charge in [0.15, 0.2) is 6.10 Å². The van der Waals surface area contributed by atoms with Crippen molar-refractivity contribution in [2.45, 2.75) is 46.3 Å². The molecule has 1 atom stereocenters. The second kappa shape index (κ2) is 8.58. The fourth-order valence-electron chi connectivity index (χ4n) is 2.05. The van der Waals surface area contributed by atoms with Gasteiger partial charge in [-0.05, 0) is 52.8 Å². The summed E-state index contributed by atoms with van der Waals surface area (Å²) < 4.78 is 5.61. The highest BCUT2D eigenvalue weighted by Gasteiger charge is 2.25. The molecule has 1 N–H and O–H groups in total. The Morgan fingerprint density at radius 1 is 1.29 bits per heavy atom. The van der Waals surface area contributed by atoms with Crippen LogP contribution >= 0.6 is 23.2 Å². The molecule has 0 spiro atoms. The van der Waals surface area contributed by atoms with Crippen LogP contribution in [-0.2, 0) is 9.59 Å². The summed E-state index contributed by atoms with van der Waals surface area (Å²) in [5, 5.41) is 3.65. The normalized spacial score (nSPS) is 12.5. The van der Waals surface area contributed by atoms with Gasteiger partial charge in [0, 0.05) is 17.1 Å². The summed E-state index contributed by atoms with van der Waals surface area (Å²) in [4.78, 5) is 26.0. The predicted molar refractivity (Wildman–Crippen MR) is 96.7 cm³/mol. The molecule has 1 aromatic carbocycles. The summed E-state index contributed by atoms with van der Waals surface area (Å²) in [7, 11) is 0. The van der Waals surface area contributed by atoms with Crippen molar-refractivity contribution < 1.29 is 14.3 Å². The summed E-state index contributed by atoms with van der Waals surface area (Å²) in [5.41, 5.74) is -0.349. The van der Waals surface area contributed by atoms with Gasteiger partial charge in [0.1, 0.15) is 5.75 Å². The number of ether oxygens (including phenoxy) is 1. The van der Waals surface area contributed by atoms with Crippen molar-refractivity contribution in [2.75, 3.05) is 13.1 Å². The van der Waals surface area contributed by atoms with Gasteiger partial charge in [0.05, 0.1) is 11.6 Å². The van der Waals surface area contributed by atoms with Crippen LogP contribution in [0.1, 0.15) is 34.6 Å². The van der Waals surface area contributed by atoms with Crippen molar-refractivity contribution in [2.24, 2.45) is 0 Å². The minimum Gasteiger partial charge on any atom is -0.479 e. The third kappa shape index (κ3) is 6.57. The van der Waals surface area contributed by atoms with Crippen LogP contribution in [0.15, 0.2) is 18.2 Å². The van der Waals surface area contributed by atoms with Gasteiger partial charge in [-0.1, -0.05) is 23.2 Å². The van der Waals surface area contributed by atoms with Crippen LogP contribution in [0.25, 0.3) is 0 Å². The number of benzene rings is 1. The van der Waals surface area contributed by atoms with Crippen LogP contribution in [0.2, 0.25) is 10.0 Å². The second-order valence-electron chi connectivity index (χ2n) is 6.49. The first-order valence-electron chi connectivity index (χ1n) is 7.75. The number of nitrogens with one attached hydrogen (secondary N) is 1. The van der Waals surface area contributed by atoms with E-state index < -0.39 is 6.10 Å². The van der Waals surface area contributed by atoms with E-state index in [1.807, 2.05) is 27.7 Å². The lowest BCUT2D eigenvalue weighted by Crippen LogP contribution is -2.49. The maximum atomic E-state index is 12.5. The van der Waals surface area contributed by atoms with E-state index in [2.05, 4.69) is 5.32 Å². The van der Waals surface area contributed by atoms with E-state index in [1.54, 1.807) is 25.1 Å². The molecule has 0 aliphatic heterocycles. The van der Waals surface area contributed by atoms with Crippen LogP contribution in [-0.4, -0.2) is 41.4 Å². The number of halogens is 2. The van der Waals surface area contributed by atoms with E-state index in [0.717, 1.165) is 0 Å². The van der Waals surface area contributed by atoms with Crippen LogP contribution in [0.3, 0.4) is 0 Å². The summed E-state index contributed by atoms with van der Waals surface area (Å²) in [6.45, 7) is 9.47. The molecule has 24 heavy (non-hydrogen) atoms. The molecule has 7 heteroatoms. The van der Waals surface area contributed by atoms with Gasteiger partial charge in [-0.3, -0.25) is 9.59 Å². The lowest BCUT2D eigenvalue weighted by atomic mass is 10.1. The van der Waals surface area contributed by atoms with E-state index in [0.29, 0.717) is 22.3 Å². The molecule has 0 aliphatic carbocycles. The SMILES string of the molecule is CCN(CC(=O)NC(C)(C)C)C(=O)C(C)Oc1ccc(Cl)cc1Cl. The van der Waals surface area contributed by atoms with Crippen LogP contribution in [0.5, 0.6) is 5.75 Å². The molecule has 0 fully saturated rings. The molecule has 0 saturated heterocycles. The van der Waals surface area contributed by atoms with E-state index in [-0.39, 0.29) is 23.9 Å². The Morgan fingerprint density at radius 2 is 1.92 bits per heavy atom. The molecular formula is C17H24Cl2N2O3. The third-order valence-corrected chi connectivity index (χ3v) is 3.62. The van der Waals surface area contributed by atoms with Crippen LogP contribution in [0, 0.1) is 0 Å². The minimum atomic E-state index is -0.772. The number of nitrogens with zero attached hydrogens (tertiary/aromatic N) is 1. The number of hydrogen-bond acceptors (Lipinski definition) is 3. The first-order chi connectivity index (χ1) is 11.0. The maximum absolute atomic E-state index is 12.5. The summed E-state index contributed by atoms with van der Waals surface area (Å²) in [6.07, 6.45) is -0.772. The zero-order valence-corrected chi connectivity index (χ0v) is 16.2. The van der Waals surface area contributed by atoms with Crippen molar-refractivity contribution in [3.63, 3.8) is 0 Å². The standard InChI is InChI=1S/C17H24Cl2N2O3/c1-6-21(10-15(22)20-17(3,4)5)16(23)11(2)24-14-8-7-12(18)9-13(14)19/h7-9,11H,6,10H2,1-5H3,(H,20,22). The van der Waals surface area contributed by atoms with Gasteiger partial charge in [0.2, 0.25) is 5.91 Å². The molecule has 2 amide bonds. The zero-order chi connectivity index (χ0) is 18.5.